The van der Waals surface area contributed by atoms with Gasteiger partial charge in [0.2, 0.25) is 5.78 Å². The molecule has 0 unspecified atom stereocenters. The van der Waals surface area contributed by atoms with Crippen LogP contribution in [-0.4, -0.2) is 30.5 Å². The summed E-state index contributed by atoms with van der Waals surface area (Å²) >= 11 is 7.10. The van der Waals surface area contributed by atoms with E-state index in [0.717, 1.165) is 10.6 Å². The first kappa shape index (κ1) is 18.8. The molecule has 2 aromatic rings. The molecule has 0 bridgehead atoms. The van der Waals surface area contributed by atoms with E-state index in [1.165, 1.54) is 30.0 Å². The second-order valence-corrected chi connectivity index (χ2v) is 7.05. The van der Waals surface area contributed by atoms with Gasteiger partial charge < -0.3 is 14.7 Å². The SMILES string of the molecule is CN1/C(=C(\C#N)C(=O)COC(=O)c2cc(Cl)ccc2O)Sc2ccccc21. The number of thioether (sulfide) groups is 1. The number of anilines is 1. The average Bonchev–Trinajstić information content (AvgIpc) is 2.99. The Balaban J connectivity index is 1.76. The summed E-state index contributed by atoms with van der Waals surface area (Å²) in [6, 6.07) is 13.3. The number of benzene rings is 2. The van der Waals surface area contributed by atoms with Crippen molar-refractivity contribution in [2.24, 2.45) is 0 Å². The molecule has 27 heavy (non-hydrogen) atoms. The van der Waals surface area contributed by atoms with Gasteiger partial charge in [-0.3, -0.25) is 4.79 Å². The normalized spacial score (nSPS) is 14.3. The maximum atomic E-state index is 12.5. The minimum absolute atomic E-state index is 0.0955. The number of carbonyl (C=O) groups excluding carboxylic acids is 2. The van der Waals surface area contributed by atoms with Crippen LogP contribution in [0.5, 0.6) is 5.75 Å². The highest BCUT2D eigenvalue weighted by Crippen LogP contribution is 2.46. The Labute approximate surface area is 164 Å². The predicted octanol–water partition coefficient (Wildman–Crippen LogP) is 3.75. The summed E-state index contributed by atoms with van der Waals surface area (Å²) in [6.07, 6.45) is 0. The van der Waals surface area contributed by atoms with Crippen LogP contribution in [-0.2, 0) is 9.53 Å². The third kappa shape index (κ3) is 3.77. The number of ketones is 1. The number of nitrogens with zero attached hydrogens (tertiary/aromatic N) is 2. The summed E-state index contributed by atoms with van der Waals surface area (Å²) in [5.74, 6) is -1.84. The number of Topliss-reactive ketones (excluding diaryl/α,β-unsaturated/α-hetero) is 1. The lowest BCUT2D eigenvalue weighted by Crippen LogP contribution is -2.20. The Morgan fingerprint density at radius 3 is 2.74 bits per heavy atom. The number of nitriles is 1. The Morgan fingerprint density at radius 2 is 2.04 bits per heavy atom. The van der Waals surface area contributed by atoms with Crippen molar-refractivity contribution in [3.8, 4) is 11.8 Å². The van der Waals surface area contributed by atoms with Crippen LogP contribution in [0.25, 0.3) is 0 Å². The molecule has 6 nitrogen and oxygen atoms in total. The minimum atomic E-state index is -0.902. The highest BCUT2D eigenvalue weighted by Gasteiger charge is 2.28. The number of ether oxygens (including phenoxy) is 1. The van der Waals surface area contributed by atoms with E-state index in [4.69, 9.17) is 16.3 Å². The summed E-state index contributed by atoms with van der Waals surface area (Å²) in [7, 11) is 1.76. The Kier molecular flexibility index (Phi) is 5.40. The highest BCUT2D eigenvalue weighted by atomic mass is 35.5. The molecule has 1 N–H and O–H groups in total. The fourth-order valence-corrected chi connectivity index (χ4v) is 3.84. The summed E-state index contributed by atoms with van der Waals surface area (Å²) in [4.78, 5) is 27.2. The van der Waals surface area contributed by atoms with Gasteiger partial charge in [0, 0.05) is 17.0 Å². The number of rotatable bonds is 4. The number of hydrogen-bond donors (Lipinski definition) is 1. The maximum absolute atomic E-state index is 12.5. The van der Waals surface area contributed by atoms with E-state index in [1.54, 1.807) is 11.9 Å². The van der Waals surface area contributed by atoms with Crippen LogP contribution in [0.15, 0.2) is 58.0 Å². The van der Waals surface area contributed by atoms with Crippen molar-refractivity contribution in [1.29, 1.82) is 5.26 Å². The first-order valence-electron chi connectivity index (χ1n) is 7.76. The van der Waals surface area contributed by atoms with Gasteiger partial charge in [-0.2, -0.15) is 5.26 Å². The van der Waals surface area contributed by atoms with Crippen molar-refractivity contribution in [2.45, 2.75) is 4.90 Å². The van der Waals surface area contributed by atoms with Crippen molar-refractivity contribution in [2.75, 3.05) is 18.6 Å². The topological polar surface area (TPSA) is 90.6 Å². The molecule has 0 radical (unpaired) electrons. The number of phenols is 1. The van der Waals surface area contributed by atoms with E-state index in [1.807, 2.05) is 30.3 Å². The smallest absolute Gasteiger partial charge is 0.342 e. The molecule has 0 spiro atoms. The number of halogens is 1. The van der Waals surface area contributed by atoms with Crippen LogP contribution in [0.4, 0.5) is 5.69 Å². The molecule has 0 fully saturated rings. The number of esters is 1. The van der Waals surface area contributed by atoms with Gasteiger partial charge in [-0.05, 0) is 30.3 Å². The monoisotopic (exact) mass is 400 g/mol. The van der Waals surface area contributed by atoms with Gasteiger partial charge in [-0.1, -0.05) is 35.5 Å². The van der Waals surface area contributed by atoms with E-state index >= 15 is 0 Å². The van der Waals surface area contributed by atoms with Crippen LogP contribution < -0.4 is 4.90 Å². The van der Waals surface area contributed by atoms with Crippen molar-refractivity contribution in [3.05, 3.63) is 63.7 Å². The molecule has 0 aliphatic carbocycles. The quantitative estimate of drug-likeness (QED) is 0.474. The van der Waals surface area contributed by atoms with Crippen molar-refractivity contribution in [1.82, 2.24) is 0 Å². The van der Waals surface area contributed by atoms with Crippen LogP contribution in [0.2, 0.25) is 5.02 Å². The molecule has 0 atom stereocenters. The highest BCUT2D eigenvalue weighted by molar-refractivity contribution is 8.03. The van der Waals surface area contributed by atoms with Gasteiger partial charge in [0.1, 0.15) is 28.0 Å². The van der Waals surface area contributed by atoms with Gasteiger partial charge >= 0.3 is 5.97 Å². The molecule has 0 saturated heterocycles. The van der Waals surface area contributed by atoms with Gasteiger partial charge in [-0.25, -0.2) is 4.79 Å². The first-order valence-corrected chi connectivity index (χ1v) is 8.95. The molecule has 136 valence electrons. The van der Waals surface area contributed by atoms with Gasteiger partial charge in [-0.15, -0.1) is 0 Å². The zero-order valence-corrected chi connectivity index (χ0v) is 15.7. The second-order valence-electron chi connectivity index (χ2n) is 5.58. The second kappa shape index (κ2) is 7.74. The lowest BCUT2D eigenvalue weighted by atomic mass is 10.2. The molecule has 8 heteroatoms. The Bertz CT molecular complexity index is 1010. The first-order chi connectivity index (χ1) is 12.9. The molecular weight excluding hydrogens is 388 g/mol. The molecule has 0 amide bonds. The van der Waals surface area contributed by atoms with Crippen molar-refractivity contribution >= 4 is 40.8 Å². The molecule has 1 aliphatic heterocycles. The summed E-state index contributed by atoms with van der Waals surface area (Å²) in [5, 5.41) is 19.9. The van der Waals surface area contributed by atoms with Crippen LogP contribution in [0.1, 0.15) is 10.4 Å². The molecule has 2 aromatic carbocycles. The largest absolute Gasteiger partial charge is 0.507 e. The summed E-state index contributed by atoms with van der Waals surface area (Å²) in [5.41, 5.74) is 0.641. The standard InChI is InChI=1S/C19H13ClN2O4S/c1-22-14-4-2-3-5-17(14)27-18(22)13(9-21)16(24)10-26-19(25)12-8-11(20)6-7-15(12)23/h2-8,23H,10H2,1H3/b18-13-. The summed E-state index contributed by atoms with van der Waals surface area (Å²) in [6.45, 7) is -0.623. The fraction of sp³-hybridized carbons (Fsp3) is 0.105. The third-order valence-corrected chi connectivity index (χ3v) is 5.33. The van der Waals surface area contributed by atoms with Crippen LogP contribution >= 0.6 is 23.4 Å². The zero-order chi connectivity index (χ0) is 19.6. The van der Waals surface area contributed by atoms with Crippen molar-refractivity contribution < 1.29 is 19.4 Å². The molecule has 1 aliphatic rings. The minimum Gasteiger partial charge on any atom is -0.507 e. The fourth-order valence-electron chi connectivity index (χ4n) is 2.50. The maximum Gasteiger partial charge on any atom is 0.342 e. The third-order valence-electron chi connectivity index (χ3n) is 3.86. The molecular formula is C19H13ClN2O4S. The lowest BCUT2D eigenvalue weighted by molar-refractivity contribution is -0.118. The zero-order valence-electron chi connectivity index (χ0n) is 14.1. The van der Waals surface area contributed by atoms with Crippen LogP contribution in [0.3, 0.4) is 0 Å². The number of fused-ring (bicyclic) bond motifs is 1. The molecule has 1 heterocycles. The van der Waals surface area contributed by atoms with E-state index in [2.05, 4.69) is 0 Å². The van der Waals surface area contributed by atoms with E-state index < -0.39 is 18.4 Å². The lowest BCUT2D eigenvalue weighted by Gasteiger charge is -2.14. The summed E-state index contributed by atoms with van der Waals surface area (Å²) < 4.78 is 4.96. The number of para-hydroxylation sites is 1. The number of hydrogen-bond acceptors (Lipinski definition) is 7. The Hall–Kier alpha value is -2.95. The van der Waals surface area contributed by atoms with E-state index in [0.29, 0.717) is 5.03 Å². The Morgan fingerprint density at radius 1 is 1.30 bits per heavy atom. The molecule has 0 saturated carbocycles. The predicted molar refractivity (Wildman–Crippen MR) is 102 cm³/mol. The molecule has 0 aromatic heterocycles. The van der Waals surface area contributed by atoms with Gasteiger partial charge in [0.05, 0.1) is 5.69 Å². The van der Waals surface area contributed by atoms with Gasteiger partial charge in [0.15, 0.2) is 6.61 Å². The van der Waals surface area contributed by atoms with Crippen molar-refractivity contribution in [3.63, 3.8) is 0 Å². The number of phenolic OH excluding ortho intramolecular Hbond substituents is 1. The molecule has 3 rings (SSSR count). The average molecular weight is 401 g/mol. The van der Waals surface area contributed by atoms with E-state index in [9.17, 15) is 20.0 Å². The van der Waals surface area contributed by atoms with Crippen LogP contribution in [0, 0.1) is 11.3 Å². The van der Waals surface area contributed by atoms with E-state index in [-0.39, 0.29) is 21.9 Å². The number of aromatic hydroxyl groups is 1. The number of carbonyl (C=O) groups is 2. The van der Waals surface area contributed by atoms with Gasteiger partial charge in [0.25, 0.3) is 0 Å².